The van der Waals surface area contributed by atoms with Crippen LogP contribution in [0.3, 0.4) is 0 Å². The van der Waals surface area contributed by atoms with Crippen LogP contribution in [0.25, 0.3) is 0 Å². The molecular weight excluding hydrogens is 506 g/mol. The van der Waals surface area contributed by atoms with Crippen LogP contribution < -0.4 is 26.0 Å². The summed E-state index contributed by atoms with van der Waals surface area (Å²) in [4.78, 5) is 37.3. The summed E-state index contributed by atoms with van der Waals surface area (Å²) in [6.07, 6.45) is 3.15. The van der Waals surface area contributed by atoms with Crippen molar-refractivity contribution >= 4 is 52.2 Å². The second-order valence-electron chi connectivity index (χ2n) is 9.98. The lowest BCUT2D eigenvalue weighted by atomic mass is 9.81. The molecule has 1 aromatic heterocycles. The number of hydrogen-bond donors (Lipinski definition) is 3. The molecule has 1 atom stereocenters. The van der Waals surface area contributed by atoms with E-state index < -0.39 is 5.41 Å². The van der Waals surface area contributed by atoms with Crippen molar-refractivity contribution in [1.82, 2.24) is 14.9 Å². The minimum Gasteiger partial charge on any atom is -0.494 e. The molecule has 1 saturated heterocycles. The number of aromatic nitrogens is 2. The van der Waals surface area contributed by atoms with Crippen molar-refractivity contribution in [2.75, 3.05) is 42.8 Å². The number of piperidine rings is 1. The van der Waals surface area contributed by atoms with Gasteiger partial charge >= 0.3 is 0 Å². The average Bonchev–Trinajstić information content (AvgIpc) is 3.20. The molecule has 0 aliphatic carbocycles. The number of rotatable bonds is 7. The van der Waals surface area contributed by atoms with Crippen molar-refractivity contribution < 1.29 is 14.3 Å². The third kappa shape index (κ3) is 4.79. The van der Waals surface area contributed by atoms with E-state index in [0.717, 1.165) is 30.6 Å². The molecule has 4 N–H and O–H groups in total. The molecule has 1 fully saturated rings. The standard InChI is InChI=1S/C27H30ClN7O3/c1-27(25(29)37)10-5-11-35(15-27)17-8-9-19(21(12-17)38-3)32-26-30-13-18(28)23(33-26)31-20-7-4-6-16-14-34(2)24(36)22(16)20/h4,6-9,12-13H,5,10-11,14-15H2,1-3H3,(H2,29,37)(H2,30,31,32,33)/t27-/m0/s1. The van der Waals surface area contributed by atoms with E-state index in [0.29, 0.717) is 52.6 Å². The maximum atomic E-state index is 12.6. The van der Waals surface area contributed by atoms with Crippen molar-refractivity contribution in [3.63, 3.8) is 0 Å². The molecule has 11 heteroatoms. The fraction of sp³-hybridized carbons (Fsp3) is 0.333. The van der Waals surface area contributed by atoms with Gasteiger partial charge in [0.1, 0.15) is 10.8 Å². The number of carbonyl (C=O) groups is 2. The largest absolute Gasteiger partial charge is 0.494 e. The number of primary amides is 1. The number of ether oxygens (including phenoxy) is 1. The third-order valence-electron chi connectivity index (χ3n) is 7.20. The molecule has 0 radical (unpaired) electrons. The minimum atomic E-state index is -0.568. The molecule has 198 valence electrons. The first-order chi connectivity index (χ1) is 18.2. The van der Waals surface area contributed by atoms with Gasteiger partial charge in [-0.05, 0) is 43.5 Å². The van der Waals surface area contributed by atoms with Crippen molar-refractivity contribution in [2.24, 2.45) is 11.1 Å². The zero-order chi connectivity index (χ0) is 27.0. The molecule has 38 heavy (non-hydrogen) atoms. The number of benzene rings is 2. The Morgan fingerprint density at radius 3 is 2.79 bits per heavy atom. The van der Waals surface area contributed by atoms with Crippen LogP contribution in [0.15, 0.2) is 42.6 Å². The van der Waals surface area contributed by atoms with E-state index >= 15 is 0 Å². The Kier molecular flexibility index (Phi) is 6.75. The second-order valence-corrected chi connectivity index (χ2v) is 10.4. The number of fused-ring (bicyclic) bond motifs is 1. The smallest absolute Gasteiger partial charge is 0.256 e. The molecule has 0 bridgehead atoms. The number of halogens is 1. The van der Waals surface area contributed by atoms with E-state index in [1.807, 2.05) is 43.3 Å². The zero-order valence-corrected chi connectivity index (χ0v) is 22.3. The molecular formula is C27H30ClN7O3. The Bertz CT molecular complexity index is 1420. The average molecular weight is 536 g/mol. The number of nitrogens with two attached hydrogens (primary N) is 1. The summed E-state index contributed by atoms with van der Waals surface area (Å²) in [6, 6.07) is 11.4. The van der Waals surface area contributed by atoms with Crippen molar-refractivity contribution in [3.8, 4) is 5.75 Å². The summed E-state index contributed by atoms with van der Waals surface area (Å²) in [5.74, 6) is 0.930. The summed E-state index contributed by atoms with van der Waals surface area (Å²) in [7, 11) is 3.36. The van der Waals surface area contributed by atoms with E-state index in [-0.39, 0.29) is 11.8 Å². The molecule has 5 rings (SSSR count). The molecule has 0 spiro atoms. The first kappa shape index (κ1) is 25.6. The lowest BCUT2D eigenvalue weighted by molar-refractivity contribution is -0.127. The summed E-state index contributed by atoms with van der Waals surface area (Å²) in [5.41, 5.74) is 8.90. The lowest BCUT2D eigenvalue weighted by Gasteiger charge is -2.39. The summed E-state index contributed by atoms with van der Waals surface area (Å²) in [6.45, 7) is 3.85. The molecule has 10 nitrogen and oxygen atoms in total. The van der Waals surface area contributed by atoms with Crippen molar-refractivity contribution in [1.29, 1.82) is 0 Å². The van der Waals surface area contributed by atoms with E-state index in [1.165, 1.54) is 6.20 Å². The van der Waals surface area contributed by atoms with E-state index in [9.17, 15) is 9.59 Å². The van der Waals surface area contributed by atoms with E-state index in [4.69, 9.17) is 22.1 Å². The molecule has 2 amide bonds. The lowest BCUT2D eigenvalue weighted by Crippen LogP contribution is -2.48. The maximum absolute atomic E-state index is 12.6. The van der Waals surface area contributed by atoms with Gasteiger partial charge in [0, 0.05) is 38.4 Å². The van der Waals surface area contributed by atoms with E-state index in [1.54, 1.807) is 19.1 Å². The first-order valence-electron chi connectivity index (χ1n) is 12.4. The SMILES string of the molecule is COc1cc(N2CCC[C@](C)(C(N)=O)C2)ccc1Nc1ncc(Cl)c(Nc2cccc3c2C(=O)N(C)C3)n1. The number of methoxy groups -OCH3 is 1. The highest BCUT2D eigenvalue weighted by Gasteiger charge is 2.36. The van der Waals surface area contributed by atoms with Crippen LogP contribution in [0.1, 0.15) is 35.7 Å². The van der Waals surface area contributed by atoms with Gasteiger partial charge in [-0.25, -0.2) is 4.98 Å². The first-order valence-corrected chi connectivity index (χ1v) is 12.7. The van der Waals surface area contributed by atoms with Crippen LogP contribution in [-0.2, 0) is 11.3 Å². The third-order valence-corrected chi connectivity index (χ3v) is 7.48. The Morgan fingerprint density at radius 1 is 1.21 bits per heavy atom. The Hall–Kier alpha value is -4.05. The molecule has 2 aromatic carbocycles. The van der Waals surface area contributed by atoms with E-state index in [2.05, 4.69) is 25.5 Å². The highest BCUT2D eigenvalue weighted by atomic mass is 35.5. The van der Waals surface area contributed by atoms with Gasteiger partial charge in [-0.3, -0.25) is 9.59 Å². The molecule has 2 aliphatic rings. The Morgan fingerprint density at radius 2 is 2.03 bits per heavy atom. The highest BCUT2D eigenvalue weighted by molar-refractivity contribution is 6.33. The highest BCUT2D eigenvalue weighted by Crippen LogP contribution is 2.37. The number of nitrogens with one attached hydrogen (secondary N) is 2. The number of amides is 2. The maximum Gasteiger partial charge on any atom is 0.256 e. The van der Waals surface area contributed by atoms with Crippen LogP contribution in [-0.4, -0.2) is 53.9 Å². The molecule has 0 unspecified atom stereocenters. The normalized spacial score (nSPS) is 18.8. The quantitative estimate of drug-likeness (QED) is 0.409. The van der Waals surface area contributed by atoms with Crippen molar-refractivity contribution in [2.45, 2.75) is 26.3 Å². The summed E-state index contributed by atoms with van der Waals surface area (Å²) in [5, 5.41) is 6.71. The van der Waals surface area contributed by atoms with Gasteiger partial charge < -0.3 is 30.9 Å². The molecule has 3 aromatic rings. The van der Waals surface area contributed by atoms with Gasteiger partial charge in [0.05, 0.1) is 35.7 Å². The van der Waals surface area contributed by atoms with Crippen LogP contribution in [0.4, 0.5) is 28.8 Å². The summed E-state index contributed by atoms with van der Waals surface area (Å²) >= 11 is 6.40. The molecule has 2 aliphatic heterocycles. The van der Waals surface area contributed by atoms with Gasteiger partial charge in [-0.2, -0.15) is 4.98 Å². The minimum absolute atomic E-state index is 0.0544. The second kappa shape index (κ2) is 10.0. The monoisotopic (exact) mass is 535 g/mol. The van der Waals surface area contributed by atoms with Gasteiger partial charge in [-0.15, -0.1) is 0 Å². The van der Waals surface area contributed by atoms with Gasteiger partial charge in [0.25, 0.3) is 5.91 Å². The van der Waals surface area contributed by atoms with Gasteiger partial charge in [0.2, 0.25) is 11.9 Å². The van der Waals surface area contributed by atoms with Crippen LogP contribution in [0.2, 0.25) is 5.02 Å². The molecule has 3 heterocycles. The van der Waals surface area contributed by atoms with Crippen LogP contribution in [0.5, 0.6) is 5.75 Å². The predicted octanol–water partition coefficient (Wildman–Crippen LogP) is 4.30. The van der Waals surface area contributed by atoms with Crippen LogP contribution in [0, 0.1) is 5.41 Å². The predicted molar refractivity (Wildman–Crippen MR) is 148 cm³/mol. The number of carbonyl (C=O) groups excluding carboxylic acids is 2. The van der Waals surface area contributed by atoms with Crippen molar-refractivity contribution in [3.05, 3.63) is 58.7 Å². The number of hydrogen-bond acceptors (Lipinski definition) is 8. The topological polar surface area (TPSA) is 126 Å². The number of nitrogens with zero attached hydrogens (tertiary/aromatic N) is 4. The Labute approximate surface area is 226 Å². The summed E-state index contributed by atoms with van der Waals surface area (Å²) < 4.78 is 5.65. The van der Waals surface area contributed by atoms with Gasteiger partial charge in [-0.1, -0.05) is 23.7 Å². The Balaban J connectivity index is 1.38. The number of anilines is 5. The fourth-order valence-electron chi connectivity index (χ4n) is 5.01. The zero-order valence-electron chi connectivity index (χ0n) is 21.5. The fourth-order valence-corrected chi connectivity index (χ4v) is 5.15. The molecule has 0 saturated carbocycles. The van der Waals surface area contributed by atoms with Gasteiger partial charge in [0.15, 0.2) is 5.82 Å². The van der Waals surface area contributed by atoms with Crippen LogP contribution >= 0.6 is 11.6 Å².